The number of aryl methyl sites for hydroxylation is 1. The molecule has 1 aliphatic heterocycles. The summed E-state index contributed by atoms with van der Waals surface area (Å²) in [4.78, 5) is 16.8. The van der Waals surface area contributed by atoms with Crippen LogP contribution in [-0.2, 0) is 19.5 Å². The van der Waals surface area contributed by atoms with Crippen LogP contribution < -0.4 is 15.4 Å². The zero-order valence-electron chi connectivity index (χ0n) is 13.8. The molecule has 3 N–H and O–H groups in total. The average Bonchev–Trinajstić information content (AvgIpc) is 2.61. The van der Waals surface area contributed by atoms with Gasteiger partial charge >= 0.3 is 0 Å². The molecule has 1 aromatic carbocycles. The van der Waals surface area contributed by atoms with Crippen LogP contribution in [0.2, 0.25) is 0 Å². The first kappa shape index (κ1) is 16.3. The van der Waals surface area contributed by atoms with E-state index in [2.05, 4.69) is 15.6 Å². The molecule has 0 saturated heterocycles. The summed E-state index contributed by atoms with van der Waals surface area (Å²) in [5.41, 5.74) is 4.96. The van der Waals surface area contributed by atoms with E-state index in [0.29, 0.717) is 12.1 Å². The molecule has 0 radical (unpaired) electrons. The van der Waals surface area contributed by atoms with E-state index in [4.69, 9.17) is 4.74 Å². The van der Waals surface area contributed by atoms with Gasteiger partial charge in [0.1, 0.15) is 0 Å². The molecule has 6 heteroatoms. The number of nitrogens with zero attached hydrogens (tertiary/aromatic N) is 1. The largest absolute Gasteiger partial charge is 0.504 e. The van der Waals surface area contributed by atoms with Crippen molar-refractivity contribution in [1.29, 1.82) is 0 Å². The highest BCUT2D eigenvalue weighted by molar-refractivity contribution is 5.94. The van der Waals surface area contributed by atoms with Crippen molar-refractivity contribution in [2.45, 2.75) is 26.4 Å². The van der Waals surface area contributed by atoms with E-state index in [1.165, 1.54) is 30.4 Å². The van der Waals surface area contributed by atoms with E-state index in [1.807, 2.05) is 13.1 Å². The molecule has 2 aromatic rings. The third-order valence-corrected chi connectivity index (χ3v) is 4.34. The second kappa shape index (κ2) is 6.88. The molecule has 3 rings (SSSR count). The molecule has 0 spiro atoms. The van der Waals surface area contributed by atoms with Gasteiger partial charge in [0.2, 0.25) is 0 Å². The summed E-state index contributed by atoms with van der Waals surface area (Å²) in [5, 5.41) is 15.9. The number of carbonyl (C=O) groups excluding carboxylic acids is 1. The lowest BCUT2D eigenvalue weighted by molar-refractivity contribution is 0.0950. The number of hydrogen-bond donors (Lipinski definition) is 3. The van der Waals surface area contributed by atoms with Crippen molar-refractivity contribution >= 4 is 5.91 Å². The maximum absolute atomic E-state index is 12.4. The number of methoxy groups -OCH3 is 1. The molecular formula is C18H21N3O3. The Balaban J connectivity index is 1.77. The summed E-state index contributed by atoms with van der Waals surface area (Å²) in [6.07, 6.45) is 2.85. The molecule has 6 nitrogen and oxygen atoms in total. The molecule has 0 unspecified atom stereocenters. The number of amides is 1. The number of aromatic nitrogens is 1. The zero-order chi connectivity index (χ0) is 17.1. The first-order valence-electron chi connectivity index (χ1n) is 7.92. The van der Waals surface area contributed by atoms with Gasteiger partial charge < -0.3 is 20.5 Å². The van der Waals surface area contributed by atoms with Crippen LogP contribution >= 0.6 is 0 Å². The highest BCUT2D eigenvalue weighted by Crippen LogP contribution is 2.26. The van der Waals surface area contributed by atoms with Gasteiger partial charge in [0.05, 0.1) is 7.11 Å². The van der Waals surface area contributed by atoms with Gasteiger partial charge in [0.25, 0.3) is 5.91 Å². The van der Waals surface area contributed by atoms with Crippen LogP contribution in [-0.4, -0.2) is 29.7 Å². The normalized spacial score (nSPS) is 13.2. The van der Waals surface area contributed by atoms with E-state index in [0.717, 1.165) is 30.8 Å². The fourth-order valence-corrected chi connectivity index (χ4v) is 2.97. The van der Waals surface area contributed by atoms with Crippen LogP contribution in [0, 0.1) is 6.92 Å². The number of rotatable bonds is 4. The number of phenols is 1. The highest BCUT2D eigenvalue weighted by atomic mass is 16.5. The first-order valence-corrected chi connectivity index (χ1v) is 7.92. The number of hydrogen-bond acceptors (Lipinski definition) is 5. The third kappa shape index (κ3) is 3.19. The Kier molecular flexibility index (Phi) is 4.66. The lowest BCUT2D eigenvalue weighted by Gasteiger charge is -2.21. The van der Waals surface area contributed by atoms with E-state index in [9.17, 15) is 9.90 Å². The number of pyridine rings is 1. The van der Waals surface area contributed by atoms with Crippen LogP contribution in [0.5, 0.6) is 11.5 Å². The number of carbonyl (C=O) groups is 1. The Labute approximate surface area is 140 Å². The van der Waals surface area contributed by atoms with Crippen LogP contribution in [0.1, 0.15) is 32.7 Å². The van der Waals surface area contributed by atoms with Crippen molar-refractivity contribution in [3.8, 4) is 11.5 Å². The number of benzene rings is 1. The molecule has 1 aromatic heterocycles. The Bertz CT molecular complexity index is 774. The minimum atomic E-state index is -0.209. The molecule has 2 heterocycles. The van der Waals surface area contributed by atoms with Gasteiger partial charge in [-0.25, -0.2) is 0 Å². The monoisotopic (exact) mass is 327 g/mol. The van der Waals surface area contributed by atoms with Gasteiger partial charge in [-0.15, -0.1) is 0 Å². The topological polar surface area (TPSA) is 83.5 Å². The summed E-state index contributed by atoms with van der Waals surface area (Å²) >= 11 is 0. The third-order valence-electron chi connectivity index (χ3n) is 4.34. The molecule has 0 atom stereocenters. The lowest BCUT2D eigenvalue weighted by atomic mass is 9.96. The van der Waals surface area contributed by atoms with E-state index < -0.39 is 0 Å². The number of phenolic OH excluding ortho intramolecular Hbond substituents is 1. The smallest absolute Gasteiger partial charge is 0.251 e. The number of aromatic hydroxyl groups is 1. The van der Waals surface area contributed by atoms with Crippen LogP contribution in [0.3, 0.4) is 0 Å². The minimum absolute atomic E-state index is 0.0127. The molecule has 0 saturated carbocycles. The summed E-state index contributed by atoms with van der Waals surface area (Å²) in [6, 6.07) is 4.55. The standard InChI is InChI=1S/C18H21N3O3/c1-11-15(14-5-6-19-8-13(14)9-20-11)10-21-18(23)12-3-4-16(22)17(7-12)24-2/h3-4,7,9,19,22H,5-6,8,10H2,1-2H3,(H,21,23). The molecule has 1 aliphatic rings. The van der Waals surface area contributed by atoms with Crippen LogP contribution in [0.25, 0.3) is 0 Å². The van der Waals surface area contributed by atoms with Gasteiger partial charge in [-0.1, -0.05) is 0 Å². The second-order valence-corrected chi connectivity index (χ2v) is 5.82. The fourth-order valence-electron chi connectivity index (χ4n) is 2.97. The summed E-state index contributed by atoms with van der Waals surface area (Å²) in [6.45, 7) is 4.16. The summed E-state index contributed by atoms with van der Waals surface area (Å²) < 4.78 is 5.05. The Morgan fingerprint density at radius 2 is 2.29 bits per heavy atom. The van der Waals surface area contributed by atoms with Crippen molar-refractivity contribution < 1.29 is 14.6 Å². The maximum Gasteiger partial charge on any atom is 0.251 e. The molecule has 0 fully saturated rings. The van der Waals surface area contributed by atoms with Crippen LogP contribution in [0.15, 0.2) is 24.4 Å². The van der Waals surface area contributed by atoms with Crippen molar-refractivity contribution in [1.82, 2.24) is 15.6 Å². The van der Waals surface area contributed by atoms with Gasteiger partial charge in [0, 0.05) is 30.5 Å². The molecule has 0 aliphatic carbocycles. The van der Waals surface area contributed by atoms with E-state index in [1.54, 1.807) is 6.07 Å². The Morgan fingerprint density at radius 1 is 1.46 bits per heavy atom. The summed E-state index contributed by atoms with van der Waals surface area (Å²) in [5.74, 6) is 0.0848. The van der Waals surface area contributed by atoms with E-state index >= 15 is 0 Å². The first-order chi connectivity index (χ1) is 11.6. The van der Waals surface area contributed by atoms with Crippen molar-refractivity contribution in [2.75, 3.05) is 13.7 Å². The summed E-state index contributed by atoms with van der Waals surface area (Å²) in [7, 11) is 1.45. The Morgan fingerprint density at radius 3 is 3.08 bits per heavy atom. The van der Waals surface area contributed by atoms with Gasteiger partial charge in [-0.2, -0.15) is 0 Å². The zero-order valence-corrected chi connectivity index (χ0v) is 13.8. The lowest BCUT2D eigenvalue weighted by Crippen LogP contribution is -2.28. The predicted molar refractivity (Wildman–Crippen MR) is 90.2 cm³/mol. The average molecular weight is 327 g/mol. The fraction of sp³-hybridized carbons (Fsp3) is 0.333. The maximum atomic E-state index is 12.4. The molecule has 0 bridgehead atoms. The predicted octanol–water partition coefficient (Wildman–Crippen LogP) is 1.68. The highest BCUT2D eigenvalue weighted by Gasteiger charge is 2.17. The molecule has 1 amide bonds. The molecule has 126 valence electrons. The number of ether oxygens (including phenoxy) is 1. The van der Waals surface area contributed by atoms with Crippen LogP contribution in [0.4, 0.5) is 0 Å². The Hall–Kier alpha value is -2.60. The minimum Gasteiger partial charge on any atom is -0.504 e. The second-order valence-electron chi connectivity index (χ2n) is 5.82. The van der Waals surface area contributed by atoms with Crippen molar-refractivity contribution in [2.24, 2.45) is 0 Å². The van der Waals surface area contributed by atoms with Gasteiger partial charge in [0.15, 0.2) is 11.5 Å². The molecule has 24 heavy (non-hydrogen) atoms. The number of fused-ring (bicyclic) bond motifs is 1. The quantitative estimate of drug-likeness (QED) is 0.796. The van der Waals surface area contributed by atoms with E-state index in [-0.39, 0.29) is 17.4 Å². The van der Waals surface area contributed by atoms with Crippen molar-refractivity contribution in [3.05, 3.63) is 52.3 Å². The van der Waals surface area contributed by atoms with Gasteiger partial charge in [-0.05, 0) is 54.8 Å². The van der Waals surface area contributed by atoms with Crippen molar-refractivity contribution in [3.63, 3.8) is 0 Å². The van der Waals surface area contributed by atoms with Gasteiger partial charge in [-0.3, -0.25) is 9.78 Å². The molecular weight excluding hydrogens is 306 g/mol. The number of nitrogens with one attached hydrogen (secondary N) is 2. The SMILES string of the molecule is COc1cc(C(=O)NCc2c(C)ncc3c2CCNC3)ccc1O.